The summed E-state index contributed by atoms with van der Waals surface area (Å²) in [5.41, 5.74) is 2.59. The van der Waals surface area contributed by atoms with Crippen molar-refractivity contribution in [3.63, 3.8) is 0 Å². The van der Waals surface area contributed by atoms with Crippen LogP contribution in [0, 0.1) is 0 Å². The second-order valence-corrected chi connectivity index (χ2v) is 6.90. The van der Waals surface area contributed by atoms with Crippen molar-refractivity contribution in [2.45, 2.75) is 56.5 Å². The van der Waals surface area contributed by atoms with Gasteiger partial charge in [-0.15, -0.1) is 0 Å². The van der Waals surface area contributed by atoms with Gasteiger partial charge in [-0.1, -0.05) is 36.8 Å². The molecule has 2 aliphatic rings. The van der Waals surface area contributed by atoms with Gasteiger partial charge in [0.1, 0.15) is 5.82 Å². The van der Waals surface area contributed by atoms with E-state index in [1.54, 1.807) is 0 Å². The van der Waals surface area contributed by atoms with E-state index in [0.717, 1.165) is 11.5 Å². The van der Waals surface area contributed by atoms with Crippen molar-refractivity contribution >= 4 is 11.5 Å². The molecule has 0 aliphatic heterocycles. The van der Waals surface area contributed by atoms with Crippen LogP contribution >= 0.6 is 0 Å². The topological polar surface area (TPSA) is 37.0 Å². The average molecular weight is 307 g/mol. The average Bonchev–Trinajstić information content (AvgIpc) is 3.01. The number of benzene rings is 1. The third-order valence-electron chi connectivity index (χ3n) is 5.32. The van der Waals surface area contributed by atoms with Gasteiger partial charge in [0.2, 0.25) is 0 Å². The van der Waals surface area contributed by atoms with E-state index in [-0.39, 0.29) is 0 Å². The highest BCUT2D eigenvalue weighted by atomic mass is 15.0. The van der Waals surface area contributed by atoms with E-state index in [0.29, 0.717) is 18.0 Å². The third-order valence-corrected chi connectivity index (χ3v) is 5.32. The summed E-state index contributed by atoms with van der Waals surface area (Å²) in [4.78, 5) is 4.57. The van der Waals surface area contributed by atoms with Crippen LogP contribution in [0.1, 0.15) is 50.0 Å². The Hall–Kier alpha value is -2.03. The Balaban J connectivity index is 1.40. The number of nitrogens with zero attached hydrogens (tertiary/aromatic N) is 1. The van der Waals surface area contributed by atoms with Gasteiger partial charge in [-0.25, -0.2) is 4.98 Å². The molecule has 0 bridgehead atoms. The second kappa shape index (κ2) is 6.61. The Morgan fingerprint density at radius 3 is 2.35 bits per heavy atom. The third kappa shape index (κ3) is 3.34. The summed E-state index contributed by atoms with van der Waals surface area (Å²) in [5.74, 6) is 1.62. The summed E-state index contributed by atoms with van der Waals surface area (Å²) in [6.07, 6.45) is 9.69. The zero-order valence-electron chi connectivity index (χ0n) is 13.5. The molecular formula is C20H25N3. The number of pyridine rings is 1. The molecule has 120 valence electrons. The minimum atomic E-state index is 0.518. The molecule has 0 radical (unpaired) electrons. The molecule has 1 aromatic heterocycles. The number of hydrogen-bond acceptors (Lipinski definition) is 3. The lowest BCUT2D eigenvalue weighted by atomic mass is 9.93. The molecule has 0 spiro atoms. The van der Waals surface area contributed by atoms with Gasteiger partial charge >= 0.3 is 0 Å². The maximum Gasteiger partial charge on any atom is 0.126 e. The predicted octanol–water partition coefficient (Wildman–Crippen LogP) is 4.79. The molecule has 2 atom stereocenters. The van der Waals surface area contributed by atoms with Gasteiger partial charge in [0.25, 0.3) is 0 Å². The van der Waals surface area contributed by atoms with E-state index in [1.165, 1.54) is 44.1 Å². The Morgan fingerprint density at radius 1 is 0.826 bits per heavy atom. The second-order valence-electron chi connectivity index (χ2n) is 6.90. The molecule has 2 saturated carbocycles. The normalized spacial score (nSPS) is 24.2. The lowest BCUT2D eigenvalue weighted by Gasteiger charge is -2.27. The van der Waals surface area contributed by atoms with Crippen LogP contribution in [0.4, 0.5) is 11.5 Å². The van der Waals surface area contributed by atoms with Crippen molar-refractivity contribution in [3.05, 3.63) is 54.2 Å². The first kappa shape index (κ1) is 14.6. The van der Waals surface area contributed by atoms with Crippen molar-refractivity contribution in [1.82, 2.24) is 4.98 Å². The lowest BCUT2D eigenvalue weighted by Crippen LogP contribution is -2.27. The fourth-order valence-electron chi connectivity index (χ4n) is 3.77. The van der Waals surface area contributed by atoms with Crippen molar-refractivity contribution in [2.75, 3.05) is 10.6 Å². The number of nitrogens with one attached hydrogen (secondary N) is 2. The maximum atomic E-state index is 4.57. The smallest absolute Gasteiger partial charge is 0.126 e. The van der Waals surface area contributed by atoms with Crippen LogP contribution in [-0.2, 0) is 0 Å². The molecule has 0 amide bonds. The first-order valence-electron chi connectivity index (χ1n) is 8.92. The monoisotopic (exact) mass is 307 g/mol. The van der Waals surface area contributed by atoms with E-state index < -0.39 is 0 Å². The van der Waals surface area contributed by atoms with Gasteiger partial charge < -0.3 is 10.6 Å². The first-order chi connectivity index (χ1) is 11.4. The molecule has 23 heavy (non-hydrogen) atoms. The first-order valence-corrected chi connectivity index (χ1v) is 8.92. The van der Waals surface area contributed by atoms with Crippen LogP contribution in [0.2, 0.25) is 0 Å². The highest BCUT2D eigenvalue weighted by molar-refractivity contribution is 5.49. The predicted molar refractivity (Wildman–Crippen MR) is 95.9 cm³/mol. The molecule has 0 saturated heterocycles. The standard InChI is InChI=1S/C20H25N3/c1-2-6-15(7-3-1)18-10-5-11-19(18)22-17-12-13-20(21-14-17)23-16-8-4-9-16/h1-3,6-7,12-14,16,18-19,22H,4-5,8-11H2,(H,21,23). The number of hydrogen-bond donors (Lipinski definition) is 2. The van der Waals surface area contributed by atoms with Crippen LogP contribution in [0.25, 0.3) is 0 Å². The fourth-order valence-corrected chi connectivity index (χ4v) is 3.77. The summed E-state index contributed by atoms with van der Waals surface area (Å²) in [6, 6.07) is 16.3. The Bertz CT molecular complexity index is 619. The van der Waals surface area contributed by atoms with Crippen LogP contribution in [-0.4, -0.2) is 17.1 Å². The minimum absolute atomic E-state index is 0.518. The van der Waals surface area contributed by atoms with Crippen molar-refractivity contribution in [2.24, 2.45) is 0 Å². The van der Waals surface area contributed by atoms with Gasteiger partial charge in [-0.2, -0.15) is 0 Å². The number of anilines is 2. The van der Waals surface area contributed by atoms with Gasteiger partial charge in [-0.05, 0) is 49.8 Å². The molecule has 2 aliphatic carbocycles. The molecule has 2 unspecified atom stereocenters. The number of aromatic nitrogens is 1. The minimum Gasteiger partial charge on any atom is -0.380 e. The van der Waals surface area contributed by atoms with Crippen LogP contribution < -0.4 is 10.6 Å². The molecule has 3 heteroatoms. The van der Waals surface area contributed by atoms with Crippen LogP contribution in [0.3, 0.4) is 0 Å². The molecular weight excluding hydrogens is 282 g/mol. The van der Waals surface area contributed by atoms with Gasteiger partial charge in [0.05, 0.1) is 11.9 Å². The Morgan fingerprint density at radius 2 is 1.65 bits per heavy atom. The van der Waals surface area contributed by atoms with E-state index in [9.17, 15) is 0 Å². The van der Waals surface area contributed by atoms with E-state index >= 15 is 0 Å². The van der Waals surface area contributed by atoms with Crippen molar-refractivity contribution in [1.29, 1.82) is 0 Å². The van der Waals surface area contributed by atoms with E-state index in [2.05, 4.69) is 58.1 Å². The zero-order valence-corrected chi connectivity index (χ0v) is 13.5. The Labute approximate surface area is 138 Å². The molecule has 2 N–H and O–H groups in total. The maximum absolute atomic E-state index is 4.57. The molecule has 3 nitrogen and oxygen atoms in total. The summed E-state index contributed by atoms with van der Waals surface area (Å²) < 4.78 is 0. The summed E-state index contributed by atoms with van der Waals surface area (Å²) in [7, 11) is 0. The van der Waals surface area contributed by atoms with Gasteiger partial charge in [-0.3, -0.25) is 0 Å². The zero-order chi connectivity index (χ0) is 15.5. The van der Waals surface area contributed by atoms with Crippen molar-refractivity contribution in [3.8, 4) is 0 Å². The molecule has 1 heterocycles. The highest BCUT2D eigenvalue weighted by Crippen LogP contribution is 2.36. The van der Waals surface area contributed by atoms with Gasteiger partial charge in [0, 0.05) is 18.0 Å². The summed E-state index contributed by atoms with van der Waals surface area (Å²) in [6.45, 7) is 0. The summed E-state index contributed by atoms with van der Waals surface area (Å²) in [5, 5.41) is 7.20. The SMILES string of the molecule is c1ccc(C2CCCC2Nc2ccc(NC3CCC3)nc2)cc1. The van der Waals surface area contributed by atoms with Gasteiger partial charge in [0.15, 0.2) is 0 Å². The lowest BCUT2D eigenvalue weighted by molar-refractivity contribution is 0.444. The summed E-state index contributed by atoms with van der Waals surface area (Å²) >= 11 is 0. The van der Waals surface area contributed by atoms with E-state index in [1.807, 2.05) is 6.20 Å². The quantitative estimate of drug-likeness (QED) is 0.833. The highest BCUT2D eigenvalue weighted by Gasteiger charge is 2.28. The molecule has 1 aromatic carbocycles. The molecule has 4 rings (SSSR count). The van der Waals surface area contributed by atoms with Crippen molar-refractivity contribution < 1.29 is 0 Å². The number of rotatable bonds is 5. The largest absolute Gasteiger partial charge is 0.380 e. The molecule has 2 fully saturated rings. The van der Waals surface area contributed by atoms with Crippen LogP contribution in [0.5, 0.6) is 0 Å². The van der Waals surface area contributed by atoms with Crippen LogP contribution in [0.15, 0.2) is 48.7 Å². The Kier molecular flexibility index (Phi) is 4.18. The molecule has 2 aromatic rings. The fraction of sp³-hybridized carbons (Fsp3) is 0.450. The van der Waals surface area contributed by atoms with E-state index in [4.69, 9.17) is 0 Å².